The zero-order chi connectivity index (χ0) is 21.1. The first kappa shape index (κ1) is 20.7. The topological polar surface area (TPSA) is 52.5 Å². The average Bonchev–Trinajstić information content (AvgIpc) is 3.10. The second-order valence-electron chi connectivity index (χ2n) is 7.42. The van der Waals surface area contributed by atoms with Crippen LogP contribution >= 0.6 is 11.8 Å². The summed E-state index contributed by atoms with van der Waals surface area (Å²) in [6.45, 7) is 8.73. The minimum Gasteiger partial charge on any atom is -0.490 e. The molecule has 0 aliphatic carbocycles. The lowest BCUT2D eigenvalue weighted by Gasteiger charge is -2.22. The Kier molecular flexibility index (Phi) is 6.23. The number of aromatic nitrogens is 1. The van der Waals surface area contributed by atoms with Crippen molar-refractivity contribution in [1.29, 1.82) is 0 Å². The van der Waals surface area contributed by atoms with Crippen molar-refractivity contribution >= 4 is 28.6 Å². The molecule has 3 aromatic rings. The maximum Gasteiger partial charge on any atom is 0.267 e. The van der Waals surface area contributed by atoms with Crippen molar-refractivity contribution in [3.8, 4) is 11.5 Å². The molecular weight excluding hydrogens is 396 g/mol. The number of amides is 1. The number of benzene rings is 2. The van der Waals surface area contributed by atoms with Gasteiger partial charge in [0, 0.05) is 28.6 Å². The van der Waals surface area contributed by atoms with Gasteiger partial charge < -0.3 is 19.4 Å². The van der Waals surface area contributed by atoms with Crippen LogP contribution in [0, 0.1) is 0 Å². The summed E-state index contributed by atoms with van der Waals surface area (Å²) < 4.78 is 13.5. The molecule has 1 N–H and O–H groups in total. The van der Waals surface area contributed by atoms with Gasteiger partial charge in [-0.3, -0.25) is 4.79 Å². The van der Waals surface area contributed by atoms with Crippen LogP contribution < -0.4 is 14.8 Å². The summed E-state index contributed by atoms with van der Waals surface area (Å²) in [5.41, 5.74) is 3.03. The molecule has 0 bridgehead atoms. The van der Waals surface area contributed by atoms with Gasteiger partial charge in [-0.2, -0.15) is 0 Å². The number of nitrogens with one attached hydrogen (secondary N) is 1. The van der Waals surface area contributed by atoms with E-state index >= 15 is 0 Å². The Bertz CT molecular complexity index is 1060. The lowest BCUT2D eigenvalue weighted by atomic mass is 10.1. The van der Waals surface area contributed by atoms with Crippen LogP contribution in [0.25, 0.3) is 10.9 Å². The van der Waals surface area contributed by atoms with E-state index in [0.717, 1.165) is 41.1 Å². The third kappa shape index (κ3) is 4.15. The van der Waals surface area contributed by atoms with Crippen LogP contribution in [0.2, 0.25) is 0 Å². The third-order valence-electron chi connectivity index (χ3n) is 5.19. The quantitative estimate of drug-likeness (QED) is 0.558. The minimum atomic E-state index is -0.0211. The molecule has 1 atom stereocenters. The Labute approximate surface area is 181 Å². The van der Waals surface area contributed by atoms with Crippen molar-refractivity contribution in [3.05, 3.63) is 53.7 Å². The van der Waals surface area contributed by atoms with Gasteiger partial charge in [0.15, 0.2) is 11.5 Å². The molecule has 2 heterocycles. The molecule has 0 saturated heterocycles. The third-order valence-corrected chi connectivity index (χ3v) is 6.33. The van der Waals surface area contributed by atoms with Gasteiger partial charge in [-0.15, -0.1) is 11.8 Å². The number of carbonyl (C=O) groups is 1. The van der Waals surface area contributed by atoms with E-state index in [0.29, 0.717) is 25.0 Å². The molecule has 1 unspecified atom stereocenters. The van der Waals surface area contributed by atoms with E-state index in [2.05, 4.69) is 35.0 Å². The predicted octanol–water partition coefficient (Wildman–Crippen LogP) is 4.91. The molecule has 0 spiro atoms. The second kappa shape index (κ2) is 9.04. The van der Waals surface area contributed by atoms with Gasteiger partial charge >= 0.3 is 0 Å². The van der Waals surface area contributed by atoms with E-state index in [4.69, 9.17) is 9.47 Å². The van der Waals surface area contributed by atoms with Crippen molar-refractivity contribution < 1.29 is 14.3 Å². The maximum absolute atomic E-state index is 13.0. The molecule has 6 heteroatoms. The molecule has 0 saturated carbocycles. The largest absolute Gasteiger partial charge is 0.490 e. The molecule has 1 aliphatic heterocycles. The van der Waals surface area contributed by atoms with Gasteiger partial charge in [0.1, 0.15) is 5.69 Å². The molecular formula is C24H28N2O3S. The van der Waals surface area contributed by atoms with Gasteiger partial charge in [-0.05, 0) is 50.1 Å². The molecule has 158 valence electrons. The molecule has 5 nitrogen and oxygen atoms in total. The summed E-state index contributed by atoms with van der Waals surface area (Å²) in [5, 5.41) is 4.67. The molecule has 1 amide bonds. The second-order valence-corrected chi connectivity index (χ2v) is 8.90. The Balaban J connectivity index is 1.46. The number of para-hydroxylation sites is 1. The Morgan fingerprint density at radius 3 is 2.73 bits per heavy atom. The van der Waals surface area contributed by atoms with Gasteiger partial charge in [0.25, 0.3) is 5.91 Å². The van der Waals surface area contributed by atoms with Gasteiger partial charge in [-0.25, -0.2) is 0 Å². The molecule has 4 rings (SSSR count). The van der Waals surface area contributed by atoms with Crippen molar-refractivity contribution in [2.24, 2.45) is 0 Å². The lowest BCUT2D eigenvalue weighted by molar-refractivity contribution is 0.0945. The molecule has 1 aromatic heterocycles. The zero-order valence-electron chi connectivity index (χ0n) is 17.7. The Hall–Kier alpha value is -2.60. The van der Waals surface area contributed by atoms with E-state index in [9.17, 15) is 4.79 Å². The first-order valence-electron chi connectivity index (χ1n) is 10.6. The normalized spacial score (nSPS) is 15.2. The molecule has 1 aliphatic rings. The summed E-state index contributed by atoms with van der Waals surface area (Å²) in [4.78, 5) is 14.2. The van der Waals surface area contributed by atoms with Crippen LogP contribution in [0.4, 0.5) is 0 Å². The highest BCUT2D eigenvalue weighted by Gasteiger charge is 2.23. The molecule has 0 fully saturated rings. The molecule has 0 radical (unpaired) electrons. The van der Waals surface area contributed by atoms with Crippen molar-refractivity contribution in [3.63, 3.8) is 0 Å². The number of hydrogen-bond acceptors (Lipinski definition) is 4. The summed E-state index contributed by atoms with van der Waals surface area (Å²) in [6, 6.07) is 14.3. The van der Waals surface area contributed by atoms with Gasteiger partial charge in [0.05, 0.1) is 18.7 Å². The fourth-order valence-corrected chi connectivity index (χ4v) is 5.09. The number of ether oxygens (including phenoxy) is 2. The molecule has 2 aromatic carbocycles. The van der Waals surface area contributed by atoms with E-state index in [1.54, 1.807) is 0 Å². The Morgan fingerprint density at radius 2 is 1.93 bits per heavy atom. The lowest BCUT2D eigenvalue weighted by Crippen LogP contribution is -2.29. The first-order chi connectivity index (χ1) is 14.6. The number of rotatable bonds is 8. The van der Waals surface area contributed by atoms with Crippen molar-refractivity contribution in [1.82, 2.24) is 9.88 Å². The maximum atomic E-state index is 13.0. The van der Waals surface area contributed by atoms with Crippen molar-refractivity contribution in [2.45, 2.75) is 43.9 Å². The van der Waals surface area contributed by atoms with Crippen LogP contribution in [0.1, 0.15) is 36.8 Å². The van der Waals surface area contributed by atoms with Gasteiger partial charge in [0.2, 0.25) is 0 Å². The Morgan fingerprint density at radius 1 is 1.13 bits per heavy atom. The van der Waals surface area contributed by atoms with E-state index in [1.807, 2.05) is 49.9 Å². The van der Waals surface area contributed by atoms with Crippen LogP contribution in [-0.4, -0.2) is 35.5 Å². The summed E-state index contributed by atoms with van der Waals surface area (Å²) >= 11 is 1.88. The van der Waals surface area contributed by atoms with Crippen LogP contribution in [0.3, 0.4) is 0 Å². The fourth-order valence-electron chi connectivity index (χ4n) is 3.94. The average molecular weight is 425 g/mol. The summed E-state index contributed by atoms with van der Waals surface area (Å²) in [5.74, 6) is 1.49. The highest BCUT2D eigenvalue weighted by Crippen LogP contribution is 2.38. The highest BCUT2D eigenvalue weighted by atomic mass is 32.2. The zero-order valence-corrected chi connectivity index (χ0v) is 18.6. The van der Waals surface area contributed by atoms with E-state index < -0.39 is 0 Å². The number of nitrogens with zero attached hydrogens (tertiary/aromatic N) is 1. The smallest absolute Gasteiger partial charge is 0.267 e. The van der Waals surface area contributed by atoms with Gasteiger partial charge in [-0.1, -0.05) is 25.1 Å². The SMILES string of the molecule is CCOc1ccc(CCNC(=O)c2cc3cccc4c3n2CC(C)S4)cc1OCC. The highest BCUT2D eigenvalue weighted by molar-refractivity contribution is 8.00. The predicted molar refractivity (Wildman–Crippen MR) is 122 cm³/mol. The van der Waals surface area contributed by atoms with Crippen LogP contribution in [0.15, 0.2) is 47.4 Å². The number of thioether (sulfide) groups is 1. The van der Waals surface area contributed by atoms with E-state index in [1.165, 1.54) is 10.4 Å². The van der Waals surface area contributed by atoms with Crippen LogP contribution in [0.5, 0.6) is 11.5 Å². The summed E-state index contributed by atoms with van der Waals surface area (Å²) in [6.07, 6.45) is 0.732. The summed E-state index contributed by atoms with van der Waals surface area (Å²) in [7, 11) is 0. The van der Waals surface area contributed by atoms with Crippen molar-refractivity contribution in [2.75, 3.05) is 19.8 Å². The monoisotopic (exact) mass is 424 g/mol. The number of carbonyl (C=O) groups excluding carboxylic acids is 1. The first-order valence-corrected chi connectivity index (χ1v) is 11.4. The minimum absolute atomic E-state index is 0.0211. The van der Waals surface area contributed by atoms with E-state index in [-0.39, 0.29) is 5.91 Å². The fraction of sp³-hybridized carbons (Fsp3) is 0.375. The van der Waals surface area contributed by atoms with Crippen LogP contribution in [-0.2, 0) is 13.0 Å². The standard InChI is InChI=1S/C24H28N2O3S/c1-4-28-20-10-9-17(13-21(20)29-5-2)11-12-25-24(27)19-14-18-7-6-8-22-23(18)26(19)15-16(3)30-22/h6-10,13-14,16H,4-5,11-12,15H2,1-3H3,(H,25,27). The number of hydrogen-bond donors (Lipinski definition) is 1. The molecule has 30 heavy (non-hydrogen) atoms.